The molecule has 0 fully saturated rings. The molecule has 0 bridgehead atoms. The lowest BCUT2D eigenvalue weighted by Crippen LogP contribution is -2.76. The Morgan fingerprint density at radius 2 is 0.623 bits per heavy atom. The molecule has 0 radical (unpaired) electrons. The van der Waals surface area contributed by atoms with Crippen LogP contribution in [-0.2, 0) is 0 Å². The van der Waals surface area contributed by atoms with Crippen LogP contribution in [0.5, 0.6) is 46.4 Å². The van der Waals surface area contributed by atoms with Gasteiger partial charge in [-0.1, -0.05) is 279 Å². The van der Waals surface area contributed by atoms with Crippen LogP contribution in [0.1, 0.15) is 0 Å². The van der Waals surface area contributed by atoms with Gasteiger partial charge in [0.15, 0.2) is 0 Å². The van der Waals surface area contributed by atoms with Gasteiger partial charge in [-0.3, -0.25) is 0 Å². The number of hydrogen-bond acceptors (Lipinski definition) is 7. The van der Waals surface area contributed by atoms with E-state index in [0.29, 0.717) is 23.1 Å². The second kappa shape index (κ2) is 23.6. The molecule has 0 amide bonds. The van der Waals surface area contributed by atoms with Crippen LogP contribution in [0, 0.1) is 0 Å². The molecule has 4 aromatic heterocycles. The first-order chi connectivity index (χ1) is 52.5. The van der Waals surface area contributed by atoms with Crippen LogP contribution in [0.3, 0.4) is 0 Å². The molecule has 0 spiro atoms. The van der Waals surface area contributed by atoms with Crippen molar-refractivity contribution < 1.29 is 18.9 Å². The van der Waals surface area contributed by atoms with E-state index in [0.717, 1.165) is 143 Å². The molecule has 0 N–H and O–H groups in total. The van der Waals surface area contributed by atoms with Crippen molar-refractivity contribution >= 4 is 148 Å². The van der Waals surface area contributed by atoms with Crippen LogP contribution in [-0.4, -0.2) is 53.7 Å². The fourth-order valence-corrected chi connectivity index (χ4v) is 27.0. The molecule has 9 nitrogen and oxygen atoms in total. The van der Waals surface area contributed by atoms with Crippen LogP contribution >= 0.6 is 0 Å². The van der Waals surface area contributed by atoms with Gasteiger partial charge in [0.25, 0.3) is 13.4 Å². The molecule has 8 heterocycles. The molecular weight excluding hydrogens is 1330 g/mol. The summed E-state index contributed by atoms with van der Waals surface area (Å²) in [7, 11) is -6.88. The zero-order valence-corrected chi connectivity index (χ0v) is 59.1. The van der Waals surface area contributed by atoms with Crippen molar-refractivity contribution in [1.29, 1.82) is 0 Å². The molecular formula is C93H59B2N5O4Si2. The predicted octanol–water partition coefficient (Wildman–Crippen LogP) is 11.9. The number of benzene rings is 14. The van der Waals surface area contributed by atoms with Gasteiger partial charge in [-0.2, -0.15) is 0 Å². The molecule has 0 saturated carbocycles. The fourth-order valence-electron chi connectivity index (χ4n) is 18.0. The number of pyridine rings is 1. The maximum absolute atomic E-state index is 7.32. The highest BCUT2D eigenvalue weighted by Crippen LogP contribution is 2.40. The van der Waals surface area contributed by atoms with Crippen molar-refractivity contribution in [2.75, 3.05) is 0 Å². The summed E-state index contributed by atoms with van der Waals surface area (Å²) in [5.41, 5.74) is 15.3. The molecule has 4 aliphatic rings. The van der Waals surface area contributed by atoms with Gasteiger partial charge in [0.1, 0.15) is 34.2 Å². The second-order valence-electron chi connectivity index (χ2n) is 28.0. The molecule has 4 aliphatic heterocycles. The van der Waals surface area contributed by atoms with E-state index in [1.807, 2.05) is 12.1 Å². The maximum Gasteiger partial charge on any atom is 0.265 e. The molecule has 18 aromatic rings. The van der Waals surface area contributed by atoms with Crippen LogP contribution in [0.4, 0.5) is 0 Å². The third-order valence-corrected chi connectivity index (χ3v) is 31.6. The van der Waals surface area contributed by atoms with Crippen LogP contribution in [0.15, 0.2) is 358 Å². The normalized spacial score (nSPS) is 13.0. The highest BCUT2D eigenvalue weighted by molar-refractivity contribution is 7.20. The molecule has 0 aliphatic carbocycles. The van der Waals surface area contributed by atoms with E-state index in [1.54, 1.807) is 0 Å². The fraction of sp³-hybridized carbons (Fsp3) is 0. The summed E-state index contributed by atoms with van der Waals surface area (Å²) in [6.07, 6.45) is 0. The summed E-state index contributed by atoms with van der Waals surface area (Å²) in [4.78, 5) is 17.4. The molecule has 0 saturated heterocycles. The Hall–Kier alpha value is -13.3. The lowest BCUT2D eigenvalue weighted by atomic mass is 9.35. The van der Waals surface area contributed by atoms with E-state index in [2.05, 4.69) is 355 Å². The summed E-state index contributed by atoms with van der Waals surface area (Å²) < 4.78 is 33.4. The number of hydrogen-bond donors (Lipinski definition) is 0. The topological polar surface area (TPSA) is 85.5 Å². The van der Waals surface area contributed by atoms with Crippen molar-refractivity contribution in [3.8, 4) is 68.9 Å². The first-order valence-corrected chi connectivity index (χ1v) is 40.1. The van der Waals surface area contributed by atoms with Crippen molar-refractivity contribution in [2.45, 2.75) is 0 Å². The number of fused-ring (bicyclic) bond motifs is 14. The van der Waals surface area contributed by atoms with Crippen molar-refractivity contribution in [3.05, 3.63) is 358 Å². The minimum absolute atomic E-state index is 0.111. The first-order valence-electron chi connectivity index (χ1n) is 36.1. The average Bonchev–Trinajstić information content (AvgIpc) is 0.956. The number of para-hydroxylation sites is 6. The van der Waals surface area contributed by atoms with Gasteiger partial charge in [0, 0.05) is 43.7 Å². The minimum Gasteiger partial charge on any atom is -0.458 e. The predicted molar refractivity (Wildman–Crippen MR) is 437 cm³/mol. The van der Waals surface area contributed by atoms with Gasteiger partial charge in [-0.15, -0.1) is 0 Å². The van der Waals surface area contributed by atoms with Gasteiger partial charge in [0.05, 0.1) is 27.5 Å². The first kappa shape index (κ1) is 60.3. The molecule has 0 atom stereocenters. The van der Waals surface area contributed by atoms with Gasteiger partial charge >= 0.3 is 0 Å². The van der Waals surface area contributed by atoms with Crippen molar-refractivity contribution in [2.24, 2.45) is 0 Å². The van der Waals surface area contributed by atoms with Gasteiger partial charge in [-0.25, -0.2) is 15.0 Å². The quantitative estimate of drug-likeness (QED) is 0.0942. The highest BCUT2D eigenvalue weighted by atomic mass is 28.3. The summed E-state index contributed by atoms with van der Waals surface area (Å²) >= 11 is 0. The lowest BCUT2D eigenvalue weighted by Gasteiger charge is -2.37. The molecule has 0 unspecified atom stereocenters. The Labute approximate surface area is 613 Å². The Balaban J connectivity index is 0.696. The number of rotatable bonds is 11. The highest BCUT2D eigenvalue weighted by Gasteiger charge is 2.51. The van der Waals surface area contributed by atoms with Crippen LogP contribution in [0.2, 0.25) is 0 Å². The summed E-state index contributed by atoms with van der Waals surface area (Å²) in [5.74, 6) is 5.43. The Kier molecular flexibility index (Phi) is 13.4. The van der Waals surface area contributed by atoms with Gasteiger partial charge < -0.3 is 28.1 Å². The summed E-state index contributed by atoms with van der Waals surface area (Å²) in [5, 5.41) is 12.5. The van der Waals surface area contributed by atoms with E-state index in [-0.39, 0.29) is 13.4 Å². The number of aromatic nitrogens is 5. The molecule has 14 aromatic carbocycles. The van der Waals surface area contributed by atoms with Crippen molar-refractivity contribution in [1.82, 2.24) is 24.1 Å². The Bertz CT molecular complexity index is 6440. The summed E-state index contributed by atoms with van der Waals surface area (Å²) in [6.45, 7) is -0.428. The zero-order valence-electron chi connectivity index (χ0n) is 57.1. The Morgan fingerprint density at radius 1 is 0.245 bits per heavy atom. The van der Waals surface area contributed by atoms with Crippen LogP contribution < -0.4 is 93.6 Å². The third kappa shape index (κ3) is 8.87. The van der Waals surface area contributed by atoms with E-state index in [9.17, 15) is 0 Å². The SMILES string of the molecule is c1ccc([Si](c2ccccc2)(c2cccc(-n3c4ccccc4c4ccc(-c5ccc6c(c5)B5c7ccccc7Oc7nc([Si](c8ccccc8)(c8ccccc8)c8cccc(-n9c%10ccccc%10c%10ccccc%109)c8)nc(c75)O6)cc43)c2)c2cc3c4c(n2)Oc2ccccc2B4c2ccccc2O3)cc1. The smallest absolute Gasteiger partial charge is 0.265 e. The Morgan fingerprint density at radius 3 is 1.14 bits per heavy atom. The van der Waals surface area contributed by atoms with Crippen LogP contribution in [0.25, 0.3) is 66.1 Å². The standard InChI is InChI=1S/C93H59B2N5O4Si2/c1-5-29-64(30-6-1)105(65-31-7-2-8-32-65,87-59-86-88-90(96-87)102-83-49-23-17-43-75(83)94(88)74-42-16-22-48-82(74)101-86)68-37-25-28-63(57-68)100-80-47-21-15-41-72(80)73-53-51-61(56-81(73)100)60-52-54-85-77(55-60)95-76-44-18-24-50-84(76)103-91-89(95)92(104-85)98-93(97-91)106(66-33-9-3-10-34-66,67-35-11-4-12-36-67)69-38-26-27-62(58-69)99-78-45-19-13-39-70(78)71-40-14-20-46-79(71)99/h1-59H. The van der Waals surface area contributed by atoms with E-state index in [4.69, 9.17) is 33.9 Å². The largest absolute Gasteiger partial charge is 0.458 e. The molecule has 13 heteroatoms. The van der Waals surface area contributed by atoms with Gasteiger partial charge in [-0.05, 0) is 143 Å². The number of nitrogens with zero attached hydrogens (tertiary/aromatic N) is 5. The van der Waals surface area contributed by atoms with E-state index in [1.165, 1.54) is 21.1 Å². The monoisotopic (exact) mass is 1390 g/mol. The lowest BCUT2D eigenvalue weighted by molar-refractivity contribution is 0.441. The molecule has 106 heavy (non-hydrogen) atoms. The molecule has 494 valence electrons. The number of ether oxygens (including phenoxy) is 4. The van der Waals surface area contributed by atoms with Crippen molar-refractivity contribution in [3.63, 3.8) is 0 Å². The second-order valence-corrected chi connectivity index (χ2v) is 35.4. The maximum atomic E-state index is 7.32. The molecule has 22 rings (SSSR count). The third-order valence-electron chi connectivity index (χ3n) is 22.5. The van der Waals surface area contributed by atoms with Gasteiger partial charge in [0.2, 0.25) is 33.8 Å². The van der Waals surface area contributed by atoms with E-state index < -0.39 is 16.1 Å². The minimum atomic E-state index is -3.48. The zero-order chi connectivity index (χ0) is 69.6. The average molecular weight is 1390 g/mol. The summed E-state index contributed by atoms with van der Waals surface area (Å²) in [6, 6.07) is 129. The van der Waals surface area contributed by atoms with E-state index >= 15 is 0 Å².